The molecule has 0 radical (unpaired) electrons. The molecule has 27 heavy (non-hydrogen) atoms. The van der Waals surface area contributed by atoms with Crippen LogP contribution in [0.25, 0.3) is 10.9 Å². The Morgan fingerprint density at radius 1 is 1.11 bits per heavy atom. The summed E-state index contributed by atoms with van der Waals surface area (Å²) in [7, 11) is 0. The molecule has 4 nitrogen and oxygen atoms in total. The van der Waals surface area contributed by atoms with Crippen molar-refractivity contribution in [3.05, 3.63) is 70.9 Å². The van der Waals surface area contributed by atoms with Gasteiger partial charge in [0.1, 0.15) is 12.2 Å². The first-order chi connectivity index (χ1) is 13.1. The van der Waals surface area contributed by atoms with Gasteiger partial charge in [-0.25, -0.2) is 0 Å². The zero-order valence-corrected chi connectivity index (χ0v) is 16.1. The van der Waals surface area contributed by atoms with E-state index in [1.54, 1.807) is 4.90 Å². The number of carbonyl (C=O) groups is 1. The van der Waals surface area contributed by atoms with E-state index in [1.165, 1.54) is 16.7 Å². The van der Waals surface area contributed by atoms with E-state index in [0.29, 0.717) is 5.69 Å². The van der Waals surface area contributed by atoms with Crippen LogP contribution in [0.1, 0.15) is 40.0 Å². The summed E-state index contributed by atoms with van der Waals surface area (Å²) < 4.78 is 0. The lowest BCUT2D eigenvalue weighted by Crippen LogP contribution is -3.12. The van der Waals surface area contributed by atoms with Crippen LogP contribution in [0.2, 0.25) is 0 Å². The number of carbonyl (C=O) groups excluding carboxylic acids is 1. The number of hydrogen-bond acceptors (Lipinski definition) is 1. The number of amides is 1. The number of piperidine rings is 1. The smallest absolute Gasteiger partial charge is 0.267 e. The van der Waals surface area contributed by atoms with Gasteiger partial charge in [-0.2, -0.15) is 0 Å². The molecule has 0 atom stereocenters. The Morgan fingerprint density at radius 3 is 2.59 bits per heavy atom. The standard InChI is InChI=1S/C23H27N3O/c1-16-12-17(2)20-14-22(25-21(20)13-16)23(27)24-19-8-10-26(11-9-19)15-18-6-4-3-5-7-18/h3-7,12-14,19,25H,8-11,15H2,1-2H3,(H,24,27)/p+1. The van der Waals surface area contributed by atoms with Crippen LogP contribution in [-0.4, -0.2) is 30.0 Å². The van der Waals surface area contributed by atoms with Gasteiger partial charge in [-0.15, -0.1) is 0 Å². The Kier molecular flexibility index (Phi) is 4.99. The van der Waals surface area contributed by atoms with E-state index in [2.05, 4.69) is 66.6 Å². The molecule has 1 aromatic heterocycles. The zero-order valence-electron chi connectivity index (χ0n) is 16.1. The summed E-state index contributed by atoms with van der Waals surface area (Å²) in [6.45, 7) is 7.45. The highest BCUT2D eigenvalue weighted by molar-refractivity contribution is 5.99. The van der Waals surface area contributed by atoms with Crippen LogP contribution < -0.4 is 10.2 Å². The van der Waals surface area contributed by atoms with Crippen molar-refractivity contribution < 1.29 is 9.69 Å². The highest BCUT2D eigenvalue weighted by Crippen LogP contribution is 2.21. The summed E-state index contributed by atoms with van der Waals surface area (Å²) in [4.78, 5) is 17.6. The summed E-state index contributed by atoms with van der Waals surface area (Å²) >= 11 is 0. The number of hydrogen-bond donors (Lipinski definition) is 3. The number of nitrogens with one attached hydrogen (secondary N) is 3. The number of H-pyrrole nitrogens is 1. The van der Waals surface area contributed by atoms with Crippen molar-refractivity contribution in [2.45, 2.75) is 39.3 Å². The third-order valence-electron chi connectivity index (χ3n) is 5.66. The molecule has 0 bridgehead atoms. The average Bonchev–Trinajstić information content (AvgIpc) is 3.09. The van der Waals surface area contributed by atoms with Gasteiger partial charge in [0.05, 0.1) is 13.1 Å². The highest BCUT2D eigenvalue weighted by atomic mass is 16.1. The van der Waals surface area contributed by atoms with Gasteiger partial charge in [0.15, 0.2) is 0 Å². The molecule has 1 aliphatic heterocycles. The Bertz CT molecular complexity index is 937. The molecule has 3 aromatic rings. The van der Waals surface area contributed by atoms with E-state index in [9.17, 15) is 4.79 Å². The molecule has 0 saturated carbocycles. The molecular weight excluding hydrogens is 334 g/mol. The molecule has 3 N–H and O–H groups in total. The average molecular weight is 362 g/mol. The lowest BCUT2D eigenvalue weighted by atomic mass is 10.0. The largest absolute Gasteiger partial charge is 0.351 e. The molecule has 4 heteroatoms. The van der Waals surface area contributed by atoms with Crippen LogP contribution in [0.4, 0.5) is 0 Å². The molecule has 0 spiro atoms. The van der Waals surface area contributed by atoms with Crippen molar-refractivity contribution in [3.8, 4) is 0 Å². The van der Waals surface area contributed by atoms with Crippen LogP contribution in [-0.2, 0) is 6.54 Å². The van der Waals surface area contributed by atoms with E-state index >= 15 is 0 Å². The van der Waals surface area contributed by atoms with Gasteiger partial charge in [-0.3, -0.25) is 4.79 Å². The van der Waals surface area contributed by atoms with Gasteiger partial charge in [0.2, 0.25) is 0 Å². The summed E-state index contributed by atoms with van der Waals surface area (Å²) in [6, 6.07) is 17.2. The summed E-state index contributed by atoms with van der Waals surface area (Å²) in [6.07, 6.45) is 2.07. The topological polar surface area (TPSA) is 49.3 Å². The van der Waals surface area contributed by atoms with Gasteiger partial charge < -0.3 is 15.2 Å². The Morgan fingerprint density at radius 2 is 1.85 bits per heavy atom. The SMILES string of the molecule is Cc1cc(C)c2cc(C(=O)NC3CC[NH+](Cc4ccccc4)CC3)[nH]c2c1. The molecule has 4 rings (SSSR count). The van der Waals surface area contributed by atoms with Gasteiger partial charge in [0.25, 0.3) is 5.91 Å². The maximum atomic E-state index is 12.7. The van der Waals surface area contributed by atoms with Crippen LogP contribution in [0.5, 0.6) is 0 Å². The van der Waals surface area contributed by atoms with Gasteiger partial charge in [-0.1, -0.05) is 36.4 Å². The number of aryl methyl sites for hydroxylation is 2. The van der Waals surface area contributed by atoms with Crippen LogP contribution >= 0.6 is 0 Å². The van der Waals surface area contributed by atoms with E-state index in [1.807, 2.05) is 6.07 Å². The monoisotopic (exact) mass is 362 g/mol. The molecular formula is C23H28N3O+. The molecule has 0 unspecified atom stereocenters. The Labute approximate surface area is 160 Å². The van der Waals surface area contributed by atoms with E-state index in [-0.39, 0.29) is 11.9 Å². The van der Waals surface area contributed by atoms with Crippen molar-refractivity contribution in [1.29, 1.82) is 0 Å². The highest BCUT2D eigenvalue weighted by Gasteiger charge is 2.24. The van der Waals surface area contributed by atoms with Crippen molar-refractivity contribution in [1.82, 2.24) is 10.3 Å². The predicted octanol–water partition coefficient (Wildman–Crippen LogP) is 2.76. The van der Waals surface area contributed by atoms with Crippen LogP contribution in [0.3, 0.4) is 0 Å². The number of benzene rings is 2. The first-order valence-corrected chi connectivity index (χ1v) is 9.87. The molecule has 140 valence electrons. The molecule has 1 aliphatic rings. The maximum Gasteiger partial charge on any atom is 0.267 e. The van der Waals surface area contributed by atoms with Gasteiger partial charge in [0, 0.05) is 35.3 Å². The number of aromatic amines is 1. The first kappa shape index (κ1) is 17.8. The summed E-state index contributed by atoms with van der Waals surface area (Å²) in [5, 5.41) is 4.36. The predicted molar refractivity (Wildman–Crippen MR) is 109 cm³/mol. The number of likely N-dealkylation sites (tertiary alicyclic amines) is 1. The quantitative estimate of drug-likeness (QED) is 0.657. The molecule has 0 aliphatic carbocycles. The van der Waals surface area contributed by atoms with Gasteiger partial charge >= 0.3 is 0 Å². The number of aromatic nitrogens is 1. The third-order valence-corrected chi connectivity index (χ3v) is 5.66. The maximum absolute atomic E-state index is 12.7. The minimum Gasteiger partial charge on any atom is -0.351 e. The van der Waals surface area contributed by atoms with E-state index in [4.69, 9.17) is 0 Å². The molecule has 2 aromatic carbocycles. The number of quaternary nitrogens is 1. The molecule has 1 saturated heterocycles. The second-order valence-corrected chi connectivity index (χ2v) is 7.89. The number of fused-ring (bicyclic) bond motifs is 1. The Hall–Kier alpha value is -2.59. The van der Waals surface area contributed by atoms with Gasteiger partial charge in [-0.05, 0) is 37.1 Å². The minimum absolute atomic E-state index is 0.0137. The normalized spacial score (nSPS) is 19.9. The third kappa shape index (κ3) is 4.06. The van der Waals surface area contributed by atoms with Crippen molar-refractivity contribution >= 4 is 16.8 Å². The fraction of sp³-hybridized carbons (Fsp3) is 0.348. The van der Waals surface area contributed by atoms with Crippen molar-refractivity contribution in [2.24, 2.45) is 0 Å². The second kappa shape index (κ2) is 7.57. The minimum atomic E-state index is 0.0137. The van der Waals surface area contributed by atoms with E-state index < -0.39 is 0 Å². The van der Waals surface area contributed by atoms with E-state index in [0.717, 1.165) is 43.4 Å². The lowest BCUT2D eigenvalue weighted by Gasteiger charge is -2.29. The lowest BCUT2D eigenvalue weighted by molar-refractivity contribution is -0.918. The zero-order chi connectivity index (χ0) is 18.8. The fourth-order valence-electron chi connectivity index (χ4n) is 4.22. The molecule has 1 fully saturated rings. The fourth-order valence-corrected chi connectivity index (χ4v) is 4.22. The Balaban J connectivity index is 1.35. The first-order valence-electron chi connectivity index (χ1n) is 9.87. The van der Waals surface area contributed by atoms with Crippen LogP contribution in [0.15, 0.2) is 48.5 Å². The molecule has 2 heterocycles. The molecule has 1 amide bonds. The van der Waals surface area contributed by atoms with Crippen molar-refractivity contribution in [3.63, 3.8) is 0 Å². The summed E-state index contributed by atoms with van der Waals surface area (Å²) in [5.74, 6) is 0.0137. The van der Waals surface area contributed by atoms with Crippen LogP contribution in [0, 0.1) is 13.8 Å². The van der Waals surface area contributed by atoms with Crippen molar-refractivity contribution in [2.75, 3.05) is 13.1 Å². The number of rotatable bonds is 4. The summed E-state index contributed by atoms with van der Waals surface area (Å²) in [5.41, 5.74) is 5.51. The second-order valence-electron chi connectivity index (χ2n) is 7.89.